The monoisotopic (exact) mass is 422 g/mol. The molecule has 8 heteroatoms. The molecule has 3 aromatic rings. The van der Waals surface area contributed by atoms with Crippen molar-refractivity contribution in [3.63, 3.8) is 0 Å². The molecular weight excluding hydrogens is 410 g/mol. The number of carbonyl (C=O) groups is 2. The zero-order chi connectivity index (χ0) is 22.1. The Morgan fingerprint density at radius 2 is 0.833 bits per heavy atom. The number of alkyl halides is 6. The minimum absolute atomic E-state index is 0.0789. The average molecular weight is 422 g/mol. The summed E-state index contributed by atoms with van der Waals surface area (Å²) in [4.78, 5) is 23.2. The second-order valence-corrected chi connectivity index (χ2v) is 6.41. The molecule has 0 unspecified atom stereocenters. The molecule has 0 saturated heterocycles. The lowest BCUT2D eigenvalue weighted by Crippen LogP contribution is -2.04. The fourth-order valence-electron chi connectivity index (χ4n) is 3.01. The zero-order valence-corrected chi connectivity index (χ0v) is 15.0. The summed E-state index contributed by atoms with van der Waals surface area (Å²) in [6.07, 6.45) is -8.11. The molecule has 2 nitrogen and oxygen atoms in total. The van der Waals surface area contributed by atoms with Crippen LogP contribution in [0.5, 0.6) is 0 Å². The summed E-state index contributed by atoms with van der Waals surface area (Å²) in [6.45, 7) is 0. The minimum Gasteiger partial charge on any atom is -0.298 e. The van der Waals surface area contributed by atoms with Crippen molar-refractivity contribution in [2.45, 2.75) is 12.4 Å². The largest absolute Gasteiger partial charge is 0.416 e. The average Bonchev–Trinajstić information content (AvgIpc) is 2.71. The van der Waals surface area contributed by atoms with E-state index in [2.05, 4.69) is 0 Å². The number of carbonyl (C=O) groups excluding carboxylic acids is 2. The van der Waals surface area contributed by atoms with E-state index in [9.17, 15) is 35.9 Å². The third kappa shape index (κ3) is 4.27. The lowest BCUT2D eigenvalue weighted by molar-refractivity contribution is -0.138. The summed E-state index contributed by atoms with van der Waals surface area (Å²) in [5.74, 6) is 0. The van der Waals surface area contributed by atoms with E-state index in [4.69, 9.17) is 0 Å². The first-order chi connectivity index (χ1) is 14.0. The molecule has 0 aliphatic heterocycles. The van der Waals surface area contributed by atoms with Crippen LogP contribution in [0, 0.1) is 0 Å². The molecule has 0 N–H and O–H groups in total. The van der Waals surface area contributed by atoms with Crippen molar-refractivity contribution in [1.82, 2.24) is 0 Å². The molecule has 0 aliphatic carbocycles. The van der Waals surface area contributed by atoms with Gasteiger partial charge >= 0.3 is 12.4 Å². The smallest absolute Gasteiger partial charge is 0.298 e. The van der Waals surface area contributed by atoms with E-state index in [0.717, 1.165) is 24.3 Å². The van der Waals surface area contributed by atoms with Crippen molar-refractivity contribution in [2.24, 2.45) is 0 Å². The van der Waals surface area contributed by atoms with Gasteiger partial charge in [0.25, 0.3) is 0 Å². The lowest BCUT2D eigenvalue weighted by Gasteiger charge is -2.13. The van der Waals surface area contributed by atoms with Crippen LogP contribution in [0.3, 0.4) is 0 Å². The van der Waals surface area contributed by atoms with Crippen LogP contribution in [-0.4, -0.2) is 12.6 Å². The molecule has 0 amide bonds. The second-order valence-electron chi connectivity index (χ2n) is 6.41. The number of rotatable bonds is 4. The highest BCUT2D eigenvalue weighted by atomic mass is 19.4. The van der Waals surface area contributed by atoms with E-state index in [1.165, 1.54) is 36.4 Å². The maximum Gasteiger partial charge on any atom is 0.416 e. The van der Waals surface area contributed by atoms with E-state index in [-0.39, 0.29) is 33.4 Å². The van der Waals surface area contributed by atoms with Crippen LogP contribution in [0.1, 0.15) is 31.8 Å². The fourth-order valence-corrected chi connectivity index (χ4v) is 3.01. The lowest BCUT2D eigenvalue weighted by atomic mass is 9.91. The Balaban J connectivity index is 2.09. The van der Waals surface area contributed by atoms with E-state index in [1.807, 2.05) is 0 Å². The summed E-state index contributed by atoms with van der Waals surface area (Å²) in [7, 11) is 0. The Bertz CT molecular complexity index is 990. The molecule has 3 aromatic carbocycles. The van der Waals surface area contributed by atoms with Crippen LogP contribution in [-0.2, 0) is 12.4 Å². The van der Waals surface area contributed by atoms with Crippen molar-refractivity contribution in [1.29, 1.82) is 0 Å². The predicted octanol–water partition coefficient (Wildman–Crippen LogP) is 6.68. The zero-order valence-electron chi connectivity index (χ0n) is 15.0. The molecular formula is C22H12F6O2. The van der Waals surface area contributed by atoms with Crippen molar-refractivity contribution in [2.75, 3.05) is 0 Å². The summed E-state index contributed by atoms with van der Waals surface area (Å²) >= 11 is 0. The van der Waals surface area contributed by atoms with Crippen molar-refractivity contribution in [3.8, 4) is 22.3 Å². The van der Waals surface area contributed by atoms with E-state index in [0.29, 0.717) is 12.6 Å². The van der Waals surface area contributed by atoms with Gasteiger partial charge in [-0.1, -0.05) is 24.3 Å². The first-order valence-electron chi connectivity index (χ1n) is 8.48. The van der Waals surface area contributed by atoms with Crippen LogP contribution in [0.25, 0.3) is 22.3 Å². The highest BCUT2D eigenvalue weighted by molar-refractivity contribution is 5.97. The van der Waals surface area contributed by atoms with Gasteiger partial charge in [0.1, 0.15) is 0 Å². The molecule has 0 radical (unpaired) electrons. The highest BCUT2D eigenvalue weighted by Gasteiger charge is 2.31. The van der Waals surface area contributed by atoms with Gasteiger partial charge in [-0.15, -0.1) is 0 Å². The van der Waals surface area contributed by atoms with Crippen molar-refractivity contribution in [3.05, 3.63) is 82.9 Å². The van der Waals surface area contributed by atoms with Gasteiger partial charge in [0.2, 0.25) is 0 Å². The predicted molar refractivity (Wildman–Crippen MR) is 98.1 cm³/mol. The number of hydrogen-bond donors (Lipinski definition) is 0. The first-order valence-corrected chi connectivity index (χ1v) is 8.48. The SMILES string of the molecule is O=Cc1cc(-c2ccc(C(F)(F)F)cc2)c(C=O)cc1-c1ccc(C(F)(F)F)cc1. The summed E-state index contributed by atoms with van der Waals surface area (Å²) < 4.78 is 76.5. The van der Waals surface area contributed by atoms with Gasteiger partial charge in [-0.3, -0.25) is 9.59 Å². The van der Waals surface area contributed by atoms with E-state index >= 15 is 0 Å². The van der Waals surface area contributed by atoms with Gasteiger partial charge in [-0.05, 0) is 58.7 Å². The van der Waals surface area contributed by atoms with Gasteiger partial charge in [0.05, 0.1) is 11.1 Å². The Morgan fingerprint density at radius 3 is 1.07 bits per heavy atom. The molecule has 0 fully saturated rings. The molecule has 3 rings (SSSR count). The van der Waals surface area contributed by atoms with Crippen LogP contribution < -0.4 is 0 Å². The molecule has 0 atom stereocenters. The standard InChI is InChI=1S/C22H12F6O2/c23-21(24,25)17-5-1-13(2-6-17)19-9-16(12-30)20(10-15(19)11-29)14-3-7-18(8-4-14)22(26,27)28/h1-12H. The van der Waals surface area contributed by atoms with E-state index < -0.39 is 23.5 Å². The molecule has 0 saturated carbocycles. The van der Waals surface area contributed by atoms with Gasteiger partial charge in [0, 0.05) is 11.1 Å². The molecule has 0 spiro atoms. The molecule has 154 valence electrons. The van der Waals surface area contributed by atoms with Gasteiger partial charge in [-0.25, -0.2) is 0 Å². The third-order valence-electron chi connectivity index (χ3n) is 4.52. The minimum atomic E-state index is -4.52. The third-order valence-corrected chi connectivity index (χ3v) is 4.52. The molecule has 0 aromatic heterocycles. The second kappa shape index (κ2) is 7.78. The topological polar surface area (TPSA) is 34.1 Å². The van der Waals surface area contributed by atoms with Gasteiger partial charge in [-0.2, -0.15) is 26.3 Å². The first kappa shape index (κ1) is 21.3. The maximum absolute atomic E-state index is 12.8. The normalized spacial score (nSPS) is 11.9. The van der Waals surface area contributed by atoms with Crippen molar-refractivity contribution < 1.29 is 35.9 Å². The van der Waals surface area contributed by atoms with Gasteiger partial charge in [0.15, 0.2) is 12.6 Å². The maximum atomic E-state index is 12.8. The summed E-state index contributed by atoms with van der Waals surface area (Å²) in [6, 6.07) is 10.8. The number of benzene rings is 3. The Hall–Kier alpha value is -3.42. The number of aldehydes is 2. The summed E-state index contributed by atoms with van der Waals surface area (Å²) in [5.41, 5.74) is -0.537. The summed E-state index contributed by atoms with van der Waals surface area (Å²) in [5, 5.41) is 0. The Labute approximate surface area is 166 Å². The Morgan fingerprint density at radius 1 is 0.533 bits per heavy atom. The molecule has 0 heterocycles. The Kier molecular flexibility index (Phi) is 5.52. The van der Waals surface area contributed by atoms with E-state index in [1.54, 1.807) is 0 Å². The van der Waals surface area contributed by atoms with Gasteiger partial charge < -0.3 is 0 Å². The number of halogens is 6. The number of hydrogen-bond acceptors (Lipinski definition) is 2. The molecule has 30 heavy (non-hydrogen) atoms. The van der Waals surface area contributed by atoms with Crippen LogP contribution >= 0.6 is 0 Å². The highest BCUT2D eigenvalue weighted by Crippen LogP contribution is 2.35. The molecule has 0 aliphatic rings. The van der Waals surface area contributed by atoms with Crippen LogP contribution in [0.15, 0.2) is 60.7 Å². The fraction of sp³-hybridized carbons (Fsp3) is 0.0909. The molecule has 0 bridgehead atoms. The van der Waals surface area contributed by atoms with Crippen LogP contribution in [0.2, 0.25) is 0 Å². The quantitative estimate of drug-likeness (QED) is 0.347. The van der Waals surface area contributed by atoms with Crippen molar-refractivity contribution >= 4 is 12.6 Å². The van der Waals surface area contributed by atoms with Crippen LogP contribution in [0.4, 0.5) is 26.3 Å².